The van der Waals surface area contributed by atoms with E-state index in [-0.39, 0.29) is 103 Å². The quantitative estimate of drug-likeness (QED) is 0.0799. The van der Waals surface area contributed by atoms with E-state index >= 15 is 0 Å². The smallest absolute Gasteiger partial charge is 0.308 e. The highest BCUT2D eigenvalue weighted by atomic mass is 16.6. The predicted octanol–water partition coefficient (Wildman–Crippen LogP) is 3.14. The first-order valence-corrected chi connectivity index (χ1v) is 20.7. The van der Waals surface area contributed by atoms with Crippen LogP contribution < -0.4 is 44.8 Å². The van der Waals surface area contributed by atoms with Crippen molar-refractivity contribution in [3.8, 4) is 34.5 Å². The number of hydrogen-bond acceptors (Lipinski definition) is 17. The molecular formula is C47H49N5O16. The van der Waals surface area contributed by atoms with Crippen molar-refractivity contribution < 1.29 is 76.4 Å². The van der Waals surface area contributed by atoms with E-state index in [9.17, 15) is 47.9 Å². The maximum Gasteiger partial charge on any atom is 0.308 e. The fraction of sp³-hybridized carbons (Fsp3) is 0.277. The van der Waals surface area contributed by atoms with E-state index in [2.05, 4.69) is 10.6 Å². The summed E-state index contributed by atoms with van der Waals surface area (Å²) < 4.78 is 31.5. The molecule has 0 atom stereocenters. The summed E-state index contributed by atoms with van der Waals surface area (Å²) in [5.74, 6) is -8.78. The molecule has 68 heavy (non-hydrogen) atoms. The zero-order chi connectivity index (χ0) is 50.1. The Morgan fingerprint density at radius 1 is 0.456 bits per heavy atom. The zero-order valence-electron chi connectivity index (χ0n) is 38.0. The van der Waals surface area contributed by atoms with E-state index < -0.39 is 59.4 Å². The number of nitrogens with two attached hydrogens (primary N) is 1. The van der Waals surface area contributed by atoms with Gasteiger partial charge in [0, 0.05) is 92.9 Å². The molecule has 0 aromatic heterocycles. The molecule has 4 amide bonds. The summed E-state index contributed by atoms with van der Waals surface area (Å²) in [7, 11) is 0. The number of amides is 4. The Balaban J connectivity index is 1.68. The minimum absolute atomic E-state index is 0.0463. The maximum absolute atomic E-state index is 14.6. The van der Waals surface area contributed by atoms with Crippen LogP contribution in [0.3, 0.4) is 0 Å². The molecule has 0 heterocycles. The van der Waals surface area contributed by atoms with Gasteiger partial charge in [0.25, 0.3) is 17.7 Å². The van der Waals surface area contributed by atoms with Crippen LogP contribution in [0.5, 0.6) is 34.5 Å². The molecule has 0 fully saturated rings. The van der Waals surface area contributed by atoms with Crippen molar-refractivity contribution in [1.29, 1.82) is 0 Å². The van der Waals surface area contributed by atoms with E-state index in [4.69, 9.17) is 34.2 Å². The number of nitrogens with zero attached hydrogens (tertiary/aromatic N) is 2. The Bertz CT molecular complexity index is 2500. The van der Waals surface area contributed by atoms with Gasteiger partial charge in [-0.3, -0.25) is 52.8 Å². The number of rotatable bonds is 21. The zero-order valence-corrected chi connectivity index (χ0v) is 38.0. The summed E-state index contributed by atoms with van der Waals surface area (Å²) in [5.41, 5.74) is 5.81. The van der Waals surface area contributed by atoms with E-state index in [1.54, 1.807) is 17.0 Å². The Morgan fingerprint density at radius 2 is 0.824 bits per heavy atom. The Kier molecular flexibility index (Phi) is 19.0. The Labute approximate surface area is 389 Å². The number of ether oxygens (including phenoxy) is 6. The van der Waals surface area contributed by atoms with E-state index in [1.165, 1.54) is 71.6 Å². The summed E-state index contributed by atoms with van der Waals surface area (Å²) in [6.45, 7) is 6.58. The molecule has 358 valence electrons. The largest absolute Gasteiger partial charge is 0.423 e. The fourth-order valence-corrected chi connectivity index (χ4v) is 6.39. The summed E-state index contributed by atoms with van der Waals surface area (Å²) >= 11 is 0. The molecule has 0 radical (unpaired) electrons. The molecule has 0 bridgehead atoms. The number of para-hydroxylation sites is 3. The highest BCUT2D eigenvalue weighted by Crippen LogP contribution is 2.35. The summed E-state index contributed by atoms with van der Waals surface area (Å²) in [5, 5.41) is 5.47. The van der Waals surface area contributed by atoms with Gasteiger partial charge in [0.2, 0.25) is 5.91 Å². The van der Waals surface area contributed by atoms with Crippen LogP contribution in [0.2, 0.25) is 0 Å². The van der Waals surface area contributed by atoms with Gasteiger partial charge >= 0.3 is 35.8 Å². The molecule has 4 rings (SSSR count). The molecule has 0 saturated carbocycles. The molecule has 4 N–H and O–H groups in total. The molecule has 0 saturated heterocycles. The summed E-state index contributed by atoms with van der Waals surface area (Å²) in [4.78, 5) is 128. The number of carbonyl (C=O) groups is 10. The minimum atomic E-state index is -0.807. The minimum Gasteiger partial charge on any atom is -0.423 e. The van der Waals surface area contributed by atoms with E-state index in [1.807, 2.05) is 0 Å². The van der Waals surface area contributed by atoms with Crippen molar-refractivity contribution in [2.45, 2.75) is 48.1 Å². The van der Waals surface area contributed by atoms with Crippen LogP contribution >= 0.6 is 0 Å². The van der Waals surface area contributed by atoms with Crippen LogP contribution in [0.4, 0.5) is 0 Å². The van der Waals surface area contributed by atoms with Crippen LogP contribution in [0.25, 0.3) is 0 Å². The fourth-order valence-electron chi connectivity index (χ4n) is 6.39. The normalized spacial score (nSPS) is 10.5. The highest BCUT2D eigenvalue weighted by Gasteiger charge is 2.27. The predicted molar refractivity (Wildman–Crippen MR) is 238 cm³/mol. The van der Waals surface area contributed by atoms with Crippen LogP contribution in [-0.4, -0.2) is 109 Å². The number of nitrogens with one attached hydrogen (secondary N) is 2. The molecule has 0 aliphatic rings. The lowest BCUT2D eigenvalue weighted by atomic mass is 10.1. The molecule has 0 aliphatic carbocycles. The first-order valence-electron chi connectivity index (χ1n) is 20.7. The molecule has 4 aromatic carbocycles. The maximum atomic E-state index is 14.6. The van der Waals surface area contributed by atoms with Gasteiger partial charge in [0.15, 0.2) is 34.5 Å². The average molecular weight is 940 g/mol. The van der Waals surface area contributed by atoms with E-state index in [0.29, 0.717) is 5.56 Å². The van der Waals surface area contributed by atoms with Gasteiger partial charge in [0.05, 0.1) is 16.7 Å². The summed E-state index contributed by atoms with van der Waals surface area (Å²) in [6.07, 6.45) is 0. The monoisotopic (exact) mass is 939 g/mol. The van der Waals surface area contributed by atoms with E-state index in [0.717, 1.165) is 41.5 Å². The van der Waals surface area contributed by atoms with Crippen LogP contribution in [-0.2, 0) is 35.3 Å². The second kappa shape index (κ2) is 24.7. The number of hydrogen-bond donors (Lipinski definition) is 3. The molecule has 0 spiro atoms. The summed E-state index contributed by atoms with van der Waals surface area (Å²) in [6, 6.07) is 18.5. The third kappa shape index (κ3) is 15.6. The average Bonchev–Trinajstić information content (AvgIpc) is 3.25. The van der Waals surface area contributed by atoms with Crippen molar-refractivity contribution in [1.82, 2.24) is 20.4 Å². The van der Waals surface area contributed by atoms with Gasteiger partial charge in [-0.2, -0.15) is 0 Å². The van der Waals surface area contributed by atoms with Crippen LogP contribution in [0.15, 0.2) is 78.9 Å². The number of primary amides is 1. The standard InChI is InChI=1S/C47H49N5O16/c1-27(53)63-38-13-7-10-35(41(38)66-30(4)56)45(60)49-20-22-51(23-21-50-46(61)36-11-8-14-39(64-28(2)54)42(36)67-31(5)57)24-25-52(26-33-16-18-34(19-17-33)44(48)59)47(62)37-12-9-15-40(65-29(3)55)43(37)68-32(6)58/h7-19H,20-26H2,1-6H3,(H2,48,59)(H,49,60)(H,50,61). The number of benzene rings is 4. The Morgan fingerprint density at radius 3 is 1.19 bits per heavy atom. The first-order chi connectivity index (χ1) is 32.2. The van der Waals surface area contributed by atoms with Gasteiger partial charge in [-0.1, -0.05) is 30.3 Å². The van der Waals surface area contributed by atoms with Gasteiger partial charge in [0.1, 0.15) is 0 Å². The lowest BCUT2D eigenvalue weighted by molar-refractivity contribution is -0.134. The molecule has 0 unspecified atom stereocenters. The lowest BCUT2D eigenvalue weighted by Gasteiger charge is -2.29. The van der Waals surface area contributed by atoms with Gasteiger partial charge < -0.3 is 49.7 Å². The Hall–Kier alpha value is -8.46. The molecule has 0 aliphatic heterocycles. The lowest BCUT2D eigenvalue weighted by Crippen LogP contribution is -2.44. The third-order valence-corrected chi connectivity index (χ3v) is 9.17. The molecule has 21 nitrogen and oxygen atoms in total. The second-order valence-corrected chi connectivity index (χ2v) is 14.6. The SMILES string of the molecule is CC(=O)Oc1cccc(C(=O)NCCN(CCNC(=O)c2cccc(OC(C)=O)c2OC(C)=O)CCN(Cc2ccc(C(N)=O)cc2)C(=O)c2cccc(OC(C)=O)c2OC(C)=O)c1OC(C)=O. The van der Waals surface area contributed by atoms with Crippen molar-refractivity contribution in [3.63, 3.8) is 0 Å². The topological polar surface area (TPSA) is 283 Å². The number of esters is 6. The molecular weight excluding hydrogens is 891 g/mol. The molecule has 21 heteroatoms. The van der Waals surface area contributed by atoms with Gasteiger partial charge in [-0.25, -0.2) is 0 Å². The second-order valence-electron chi connectivity index (χ2n) is 14.6. The van der Waals surface area contributed by atoms with Gasteiger partial charge in [-0.05, 0) is 54.1 Å². The van der Waals surface area contributed by atoms with Crippen molar-refractivity contribution >= 4 is 59.4 Å². The van der Waals surface area contributed by atoms with Crippen molar-refractivity contribution in [2.24, 2.45) is 5.73 Å². The van der Waals surface area contributed by atoms with Crippen LogP contribution in [0.1, 0.15) is 88.5 Å². The van der Waals surface area contributed by atoms with Gasteiger partial charge in [-0.15, -0.1) is 0 Å². The van der Waals surface area contributed by atoms with Crippen LogP contribution in [0, 0.1) is 0 Å². The third-order valence-electron chi connectivity index (χ3n) is 9.17. The number of carbonyl (C=O) groups excluding carboxylic acids is 10. The van der Waals surface area contributed by atoms with Crippen molar-refractivity contribution in [2.75, 3.05) is 39.3 Å². The first kappa shape index (κ1) is 52.2. The van der Waals surface area contributed by atoms with Crippen molar-refractivity contribution in [3.05, 3.63) is 107 Å². The molecule has 4 aromatic rings. The highest BCUT2D eigenvalue weighted by molar-refractivity contribution is 6.00.